The number of amides is 1. The summed E-state index contributed by atoms with van der Waals surface area (Å²) in [6, 6.07) is 5.70. The molecule has 1 fully saturated rings. The number of piperidine rings is 1. The number of benzene rings is 1. The first-order valence-corrected chi connectivity index (χ1v) is 7.48. The second-order valence-electron chi connectivity index (χ2n) is 6.14. The maximum Gasteiger partial charge on any atom is 0.246 e. The molecule has 2 heterocycles. The first-order chi connectivity index (χ1) is 10.1. The van der Waals surface area contributed by atoms with Crippen molar-refractivity contribution in [2.75, 3.05) is 19.9 Å². The fraction of sp³-hybridized carbons (Fsp3) is 0.471. The topological polar surface area (TPSA) is 38.8 Å². The first kappa shape index (κ1) is 14.0. The maximum absolute atomic E-state index is 12.3. The van der Waals surface area contributed by atoms with Crippen LogP contribution in [0.5, 0.6) is 11.5 Å². The predicted octanol–water partition coefficient (Wildman–Crippen LogP) is 2.93. The molecule has 0 bridgehead atoms. The third-order valence-corrected chi connectivity index (χ3v) is 4.00. The minimum atomic E-state index is 0.0890. The van der Waals surface area contributed by atoms with Crippen molar-refractivity contribution in [1.29, 1.82) is 0 Å². The van der Waals surface area contributed by atoms with E-state index in [4.69, 9.17) is 9.47 Å². The summed E-state index contributed by atoms with van der Waals surface area (Å²) >= 11 is 0. The van der Waals surface area contributed by atoms with Gasteiger partial charge in [-0.1, -0.05) is 19.9 Å². The molecule has 2 aliphatic rings. The van der Waals surface area contributed by atoms with Crippen molar-refractivity contribution in [2.45, 2.75) is 20.3 Å². The highest BCUT2D eigenvalue weighted by Crippen LogP contribution is 2.32. The zero-order valence-corrected chi connectivity index (χ0v) is 12.5. The molecule has 0 unspecified atom stereocenters. The van der Waals surface area contributed by atoms with Crippen LogP contribution in [-0.4, -0.2) is 30.7 Å². The van der Waals surface area contributed by atoms with Crippen molar-refractivity contribution >= 4 is 12.0 Å². The number of hydrogen-bond donors (Lipinski definition) is 0. The SMILES string of the molecule is C[C@@H]1C[C@@H](C)CN(C(=O)/C=C/c2ccc3c(c2)OCO3)C1. The van der Waals surface area contributed by atoms with Gasteiger partial charge in [0.05, 0.1) is 0 Å². The summed E-state index contributed by atoms with van der Waals surface area (Å²) in [5, 5.41) is 0. The molecule has 112 valence electrons. The van der Waals surface area contributed by atoms with Gasteiger partial charge in [-0.2, -0.15) is 0 Å². The number of hydrogen-bond acceptors (Lipinski definition) is 3. The van der Waals surface area contributed by atoms with Crippen LogP contribution >= 0.6 is 0 Å². The number of likely N-dealkylation sites (tertiary alicyclic amines) is 1. The average molecular weight is 287 g/mol. The molecule has 3 rings (SSSR count). The molecule has 0 radical (unpaired) electrons. The van der Waals surface area contributed by atoms with Crippen LogP contribution in [-0.2, 0) is 4.79 Å². The molecule has 4 heteroatoms. The van der Waals surface area contributed by atoms with Gasteiger partial charge in [0, 0.05) is 19.2 Å². The van der Waals surface area contributed by atoms with Crippen molar-refractivity contribution in [3.63, 3.8) is 0 Å². The average Bonchev–Trinajstić information content (AvgIpc) is 2.91. The third kappa shape index (κ3) is 3.20. The Hall–Kier alpha value is -1.97. The summed E-state index contributed by atoms with van der Waals surface area (Å²) < 4.78 is 10.6. The van der Waals surface area contributed by atoms with E-state index in [0.29, 0.717) is 11.8 Å². The standard InChI is InChI=1S/C17H21NO3/c1-12-7-13(2)10-18(9-12)17(19)6-4-14-3-5-15-16(8-14)21-11-20-15/h3-6,8,12-13H,7,9-11H2,1-2H3/b6-4+/t12-,13-/m1/s1. The minimum absolute atomic E-state index is 0.0890. The molecule has 1 aromatic carbocycles. The molecule has 2 aliphatic heterocycles. The van der Waals surface area contributed by atoms with E-state index in [1.165, 1.54) is 6.42 Å². The van der Waals surface area contributed by atoms with Gasteiger partial charge in [-0.25, -0.2) is 0 Å². The number of nitrogens with zero attached hydrogens (tertiary/aromatic N) is 1. The van der Waals surface area contributed by atoms with Crippen molar-refractivity contribution in [3.8, 4) is 11.5 Å². The predicted molar refractivity (Wildman–Crippen MR) is 81.1 cm³/mol. The number of rotatable bonds is 2. The van der Waals surface area contributed by atoms with Crippen LogP contribution < -0.4 is 9.47 Å². The Balaban J connectivity index is 1.66. The van der Waals surface area contributed by atoms with E-state index < -0.39 is 0 Å². The second-order valence-corrected chi connectivity index (χ2v) is 6.14. The van der Waals surface area contributed by atoms with Crippen molar-refractivity contribution in [1.82, 2.24) is 4.90 Å². The van der Waals surface area contributed by atoms with Gasteiger partial charge in [0.25, 0.3) is 0 Å². The quantitative estimate of drug-likeness (QED) is 0.785. The minimum Gasteiger partial charge on any atom is -0.454 e. The molecule has 4 nitrogen and oxygen atoms in total. The molecular formula is C17H21NO3. The molecule has 0 N–H and O–H groups in total. The maximum atomic E-state index is 12.3. The van der Waals surface area contributed by atoms with Gasteiger partial charge < -0.3 is 14.4 Å². The van der Waals surface area contributed by atoms with Gasteiger partial charge >= 0.3 is 0 Å². The lowest BCUT2D eigenvalue weighted by molar-refractivity contribution is -0.128. The lowest BCUT2D eigenvalue weighted by Gasteiger charge is -2.34. The summed E-state index contributed by atoms with van der Waals surface area (Å²) in [5.41, 5.74) is 0.950. The van der Waals surface area contributed by atoms with Crippen LogP contribution in [0, 0.1) is 11.8 Å². The molecule has 1 amide bonds. The Morgan fingerprint density at radius 3 is 2.67 bits per heavy atom. The van der Waals surface area contributed by atoms with E-state index in [9.17, 15) is 4.79 Å². The lowest BCUT2D eigenvalue weighted by atomic mass is 9.92. The van der Waals surface area contributed by atoms with Crippen LogP contribution in [0.2, 0.25) is 0 Å². The Kier molecular flexibility index (Phi) is 3.86. The van der Waals surface area contributed by atoms with Gasteiger partial charge in [-0.15, -0.1) is 0 Å². The Labute approximate surface area is 125 Å². The highest BCUT2D eigenvalue weighted by atomic mass is 16.7. The van der Waals surface area contributed by atoms with Gasteiger partial charge in [0.1, 0.15) is 0 Å². The lowest BCUT2D eigenvalue weighted by Crippen LogP contribution is -2.41. The zero-order valence-electron chi connectivity index (χ0n) is 12.5. The molecule has 0 aromatic heterocycles. The monoisotopic (exact) mass is 287 g/mol. The number of carbonyl (C=O) groups is 1. The van der Waals surface area contributed by atoms with E-state index in [1.54, 1.807) is 6.08 Å². The number of fused-ring (bicyclic) bond motifs is 1. The molecule has 21 heavy (non-hydrogen) atoms. The first-order valence-electron chi connectivity index (χ1n) is 7.48. The molecule has 2 atom stereocenters. The molecule has 0 saturated carbocycles. The van der Waals surface area contributed by atoms with Crippen LogP contribution in [0.1, 0.15) is 25.8 Å². The Morgan fingerprint density at radius 2 is 1.90 bits per heavy atom. The van der Waals surface area contributed by atoms with E-state index in [1.807, 2.05) is 29.2 Å². The van der Waals surface area contributed by atoms with Gasteiger partial charge in [0.2, 0.25) is 12.7 Å². The van der Waals surface area contributed by atoms with Crippen molar-refractivity contribution in [2.24, 2.45) is 11.8 Å². The van der Waals surface area contributed by atoms with Gasteiger partial charge in [0.15, 0.2) is 11.5 Å². The Bertz CT molecular complexity index is 557. The smallest absolute Gasteiger partial charge is 0.246 e. The fourth-order valence-electron chi connectivity index (χ4n) is 3.13. The van der Waals surface area contributed by atoms with E-state index in [0.717, 1.165) is 30.2 Å². The van der Waals surface area contributed by atoms with Crippen molar-refractivity contribution in [3.05, 3.63) is 29.8 Å². The Morgan fingerprint density at radius 1 is 1.19 bits per heavy atom. The van der Waals surface area contributed by atoms with Crippen molar-refractivity contribution < 1.29 is 14.3 Å². The van der Waals surface area contributed by atoms with Crippen LogP contribution in [0.3, 0.4) is 0 Å². The molecule has 1 saturated heterocycles. The summed E-state index contributed by atoms with van der Waals surface area (Å²) in [4.78, 5) is 14.2. The van der Waals surface area contributed by atoms with Gasteiger partial charge in [-0.05, 0) is 42.0 Å². The molecule has 0 aliphatic carbocycles. The third-order valence-electron chi connectivity index (χ3n) is 4.00. The summed E-state index contributed by atoms with van der Waals surface area (Å²) in [5.74, 6) is 2.75. The largest absolute Gasteiger partial charge is 0.454 e. The van der Waals surface area contributed by atoms with Crippen LogP contribution in [0.4, 0.5) is 0 Å². The molecular weight excluding hydrogens is 266 g/mol. The van der Waals surface area contributed by atoms with E-state index in [2.05, 4.69) is 13.8 Å². The van der Waals surface area contributed by atoms with Gasteiger partial charge in [-0.3, -0.25) is 4.79 Å². The fourth-order valence-corrected chi connectivity index (χ4v) is 3.13. The van der Waals surface area contributed by atoms with Crippen LogP contribution in [0.25, 0.3) is 6.08 Å². The normalized spacial score (nSPS) is 24.6. The summed E-state index contributed by atoms with van der Waals surface area (Å²) in [6.45, 7) is 6.39. The zero-order chi connectivity index (χ0) is 14.8. The summed E-state index contributed by atoms with van der Waals surface area (Å²) in [7, 11) is 0. The highest BCUT2D eigenvalue weighted by molar-refractivity contribution is 5.92. The number of ether oxygens (including phenoxy) is 2. The second kappa shape index (κ2) is 5.80. The van der Waals surface area contributed by atoms with E-state index in [-0.39, 0.29) is 12.7 Å². The molecule has 0 spiro atoms. The molecule has 1 aromatic rings. The van der Waals surface area contributed by atoms with Crippen LogP contribution in [0.15, 0.2) is 24.3 Å². The summed E-state index contributed by atoms with van der Waals surface area (Å²) in [6.07, 6.45) is 4.70. The highest BCUT2D eigenvalue weighted by Gasteiger charge is 2.24. The van der Waals surface area contributed by atoms with E-state index >= 15 is 0 Å². The number of carbonyl (C=O) groups excluding carboxylic acids is 1.